The number of benzene rings is 1. The van der Waals surface area contributed by atoms with Crippen LogP contribution >= 0.6 is 0 Å². The van der Waals surface area contributed by atoms with Crippen LogP contribution in [0.5, 0.6) is 0 Å². The molecule has 1 aromatic carbocycles. The first kappa shape index (κ1) is 16.5. The van der Waals surface area contributed by atoms with Gasteiger partial charge in [-0.15, -0.1) is 0 Å². The molecule has 3 heteroatoms. The van der Waals surface area contributed by atoms with Gasteiger partial charge in [0.15, 0.2) is 0 Å². The normalized spacial score (nSPS) is 20.3. The average Bonchev–Trinajstić information content (AvgIpc) is 2.49. The Labute approximate surface area is 130 Å². The zero-order valence-corrected chi connectivity index (χ0v) is 13.7. The lowest BCUT2D eigenvalue weighted by Gasteiger charge is -2.40. The second-order valence-electron chi connectivity index (χ2n) is 6.48. The van der Waals surface area contributed by atoms with E-state index in [2.05, 4.69) is 54.0 Å². The molecule has 2 rings (SSSR count). The fourth-order valence-electron chi connectivity index (χ4n) is 3.29. The number of piperidine rings is 1. The number of rotatable bonds is 7. The number of likely N-dealkylation sites (tertiary alicyclic amines) is 1. The Bertz CT molecular complexity index is 391. The molecule has 0 aromatic heterocycles. The third-order valence-electron chi connectivity index (χ3n) is 4.57. The highest BCUT2D eigenvalue weighted by molar-refractivity contribution is 5.14. The molecule has 1 aliphatic rings. The molecule has 1 aliphatic heterocycles. The van der Waals surface area contributed by atoms with Gasteiger partial charge in [0.25, 0.3) is 0 Å². The monoisotopic (exact) mass is 289 g/mol. The maximum absolute atomic E-state index is 5.78. The average molecular weight is 289 g/mol. The summed E-state index contributed by atoms with van der Waals surface area (Å²) in [5, 5.41) is 0. The first-order valence-corrected chi connectivity index (χ1v) is 8.42. The second kappa shape index (κ2) is 8.52. The molecule has 1 heterocycles. The third kappa shape index (κ3) is 5.10. The maximum atomic E-state index is 5.78. The Morgan fingerprint density at radius 3 is 2.67 bits per heavy atom. The van der Waals surface area contributed by atoms with Crippen molar-refractivity contribution in [3.63, 3.8) is 0 Å². The van der Waals surface area contributed by atoms with E-state index in [0.29, 0.717) is 12.1 Å². The molecule has 0 bridgehead atoms. The lowest BCUT2D eigenvalue weighted by atomic mass is 10.00. The van der Waals surface area contributed by atoms with E-state index in [1.165, 1.54) is 31.4 Å². The second-order valence-corrected chi connectivity index (χ2v) is 6.48. The summed E-state index contributed by atoms with van der Waals surface area (Å²) in [5.41, 5.74) is 7.21. The van der Waals surface area contributed by atoms with Crippen molar-refractivity contribution in [1.82, 2.24) is 9.80 Å². The first-order valence-electron chi connectivity index (χ1n) is 8.42. The topological polar surface area (TPSA) is 32.5 Å². The lowest BCUT2D eigenvalue weighted by Crippen LogP contribution is -2.49. The molecule has 1 saturated heterocycles. The Morgan fingerprint density at radius 2 is 2.00 bits per heavy atom. The Kier molecular flexibility index (Phi) is 6.68. The van der Waals surface area contributed by atoms with Crippen molar-refractivity contribution in [2.75, 3.05) is 26.2 Å². The van der Waals surface area contributed by atoms with E-state index in [-0.39, 0.29) is 0 Å². The molecule has 21 heavy (non-hydrogen) atoms. The molecule has 3 nitrogen and oxygen atoms in total. The van der Waals surface area contributed by atoms with Crippen molar-refractivity contribution in [1.29, 1.82) is 0 Å². The summed E-state index contributed by atoms with van der Waals surface area (Å²) < 4.78 is 0. The summed E-state index contributed by atoms with van der Waals surface area (Å²) in [6.45, 7) is 9.78. The van der Waals surface area contributed by atoms with Crippen LogP contribution in [0.15, 0.2) is 30.3 Å². The smallest absolute Gasteiger partial charge is 0.0237 e. The summed E-state index contributed by atoms with van der Waals surface area (Å²) in [5.74, 6) is 0. The SMILES string of the molecule is CC(C)N(CCN)C[C@@H]1CCCCN1Cc1ccccc1. The van der Waals surface area contributed by atoms with Crippen molar-refractivity contribution < 1.29 is 0 Å². The van der Waals surface area contributed by atoms with Gasteiger partial charge in [0, 0.05) is 38.3 Å². The molecule has 0 radical (unpaired) electrons. The fourth-order valence-corrected chi connectivity index (χ4v) is 3.29. The van der Waals surface area contributed by atoms with E-state index in [0.717, 1.165) is 26.2 Å². The van der Waals surface area contributed by atoms with Crippen molar-refractivity contribution >= 4 is 0 Å². The highest BCUT2D eigenvalue weighted by Crippen LogP contribution is 2.21. The summed E-state index contributed by atoms with van der Waals surface area (Å²) in [7, 11) is 0. The minimum Gasteiger partial charge on any atom is -0.329 e. The maximum Gasteiger partial charge on any atom is 0.0237 e. The minimum absolute atomic E-state index is 0.578. The van der Waals surface area contributed by atoms with Crippen molar-refractivity contribution in [2.45, 2.75) is 51.7 Å². The molecule has 0 amide bonds. The number of nitrogens with zero attached hydrogens (tertiary/aromatic N) is 2. The summed E-state index contributed by atoms with van der Waals surface area (Å²) in [6.07, 6.45) is 4.02. The van der Waals surface area contributed by atoms with Gasteiger partial charge in [-0.05, 0) is 38.8 Å². The van der Waals surface area contributed by atoms with Crippen LogP contribution in [-0.2, 0) is 6.54 Å². The van der Waals surface area contributed by atoms with Crippen molar-refractivity contribution in [3.05, 3.63) is 35.9 Å². The number of nitrogens with two attached hydrogens (primary N) is 1. The van der Waals surface area contributed by atoms with Crippen LogP contribution in [0.1, 0.15) is 38.7 Å². The first-order chi connectivity index (χ1) is 10.2. The molecule has 0 aliphatic carbocycles. The number of hydrogen-bond acceptors (Lipinski definition) is 3. The van der Waals surface area contributed by atoms with E-state index in [4.69, 9.17) is 5.73 Å². The van der Waals surface area contributed by atoms with Gasteiger partial charge < -0.3 is 5.73 Å². The van der Waals surface area contributed by atoms with Crippen LogP contribution in [-0.4, -0.2) is 48.1 Å². The minimum atomic E-state index is 0.578. The molecule has 1 atom stereocenters. The van der Waals surface area contributed by atoms with Gasteiger partial charge in [0.05, 0.1) is 0 Å². The van der Waals surface area contributed by atoms with E-state index >= 15 is 0 Å². The Hall–Kier alpha value is -0.900. The van der Waals surface area contributed by atoms with E-state index in [1.54, 1.807) is 0 Å². The van der Waals surface area contributed by atoms with E-state index in [1.807, 2.05) is 0 Å². The quantitative estimate of drug-likeness (QED) is 0.837. The zero-order chi connectivity index (χ0) is 15.1. The van der Waals surface area contributed by atoms with Gasteiger partial charge in [0.2, 0.25) is 0 Å². The highest BCUT2D eigenvalue weighted by Gasteiger charge is 2.25. The van der Waals surface area contributed by atoms with E-state index < -0.39 is 0 Å². The predicted octanol–water partition coefficient (Wildman–Crippen LogP) is 2.71. The summed E-state index contributed by atoms with van der Waals surface area (Å²) >= 11 is 0. The molecule has 1 fully saturated rings. The van der Waals surface area contributed by atoms with Gasteiger partial charge in [0.1, 0.15) is 0 Å². The van der Waals surface area contributed by atoms with Crippen LogP contribution in [0.3, 0.4) is 0 Å². The van der Waals surface area contributed by atoms with Gasteiger partial charge >= 0.3 is 0 Å². The van der Waals surface area contributed by atoms with Crippen molar-refractivity contribution in [2.24, 2.45) is 5.73 Å². The third-order valence-corrected chi connectivity index (χ3v) is 4.57. The van der Waals surface area contributed by atoms with Crippen LogP contribution < -0.4 is 5.73 Å². The van der Waals surface area contributed by atoms with Gasteiger partial charge in [-0.2, -0.15) is 0 Å². The van der Waals surface area contributed by atoms with Crippen LogP contribution in [0, 0.1) is 0 Å². The molecule has 2 N–H and O–H groups in total. The fraction of sp³-hybridized carbons (Fsp3) is 0.667. The summed E-state index contributed by atoms with van der Waals surface area (Å²) in [4.78, 5) is 5.21. The van der Waals surface area contributed by atoms with Gasteiger partial charge in [-0.3, -0.25) is 9.80 Å². The van der Waals surface area contributed by atoms with Crippen LogP contribution in [0.2, 0.25) is 0 Å². The standard InChI is InChI=1S/C18H31N3/c1-16(2)20(13-11-19)15-18-10-6-7-12-21(18)14-17-8-4-3-5-9-17/h3-5,8-9,16,18H,6-7,10-15,19H2,1-2H3/t18-/m0/s1. The lowest BCUT2D eigenvalue weighted by molar-refractivity contribution is 0.0867. The van der Waals surface area contributed by atoms with Crippen molar-refractivity contribution in [3.8, 4) is 0 Å². The number of hydrogen-bond donors (Lipinski definition) is 1. The molecule has 0 spiro atoms. The zero-order valence-electron chi connectivity index (χ0n) is 13.7. The Balaban J connectivity index is 1.97. The Morgan fingerprint density at radius 1 is 1.24 bits per heavy atom. The van der Waals surface area contributed by atoms with Gasteiger partial charge in [-0.25, -0.2) is 0 Å². The van der Waals surface area contributed by atoms with Crippen LogP contribution in [0.25, 0.3) is 0 Å². The van der Waals surface area contributed by atoms with Crippen LogP contribution in [0.4, 0.5) is 0 Å². The predicted molar refractivity (Wildman–Crippen MR) is 90.3 cm³/mol. The summed E-state index contributed by atoms with van der Waals surface area (Å²) in [6, 6.07) is 12.1. The molecule has 0 unspecified atom stereocenters. The molecular formula is C18H31N3. The molecule has 1 aromatic rings. The van der Waals surface area contributed by atoms with E-state index in [9.17, 15) is 0 Å². The molecule has 0 saturated carbocycles. The molecule has 118 valence electrons. The highest BCUT2D eigenvalue weighted by atomic mass is 15.2. The van der Waals surface area contributed by atoms with Gasteiger partial charge in [-0.1, -0.05) is 36.8 Å². The molecular weight excluding hydrogens is 258 g/mol. The largest absolute Gasteiger partial charge is 0.329 e.